The molecule has 0 aliphatic heterocycles. The van der Waals surface area contributed by atoms with E-state index in [0.29, 0.717) is 11.1 Å². The van der Waals surface area contributed by atoms with E-state index < -0.39 is 17.9 Å². The zero-order chi connectivity index (χ0) is 22.1. The van der Waals surface area contributed by atoms with Crippen molar-refractivity contribution in [2.24, 2.45) is 5.92 Å². The Morgan fingerprint density at radius 1 is 0.800 bits per heavy atom. The molecule has 0 unspecified atom stereocenters. The van der Waals surface area contributed by atoms with E-state index in [1.54, 1.807) is 36.4 Å². The molecule has 3 N–H and O–H groups in total. The van der Waals surface area contributed by atoms with Gasteiger partial charge < -0.3 is 10.2 Å². The van der Waals surface area contributed by atoms with E-state index >= 15 is 0 Å². The van der Waals surface area contributed by atoms with Crippen molar-refractivity contribution in [2.45, 2.75) is 33.7 Å². The Bertz CT molecular complexity index is 847. The predicted molar refractivity (Wildman–Crippen MR) is 118 cm³/mol. The van der Waals surface area contributed by atoms with Crippen LogP contribution in [0.1, 0.15) is 48.4 Å². The van der Waals surface area contributed by atoms with E-state index in [0.717, 1.165) is 18.8 Å². The van der Waals surface area contributed by atoms with Crippen LogP contribution in [0.5, 0.6) is 0 Å². The minimum atomic E-state index is -0.789. The summed E-state index contributed by atoms with van der Waals surface area (Å²) in [5.74, 6) is -1.42. The van der Waals surface area contributed by atoms with Gasteiger partial charge in [0.05, 0.1) is 0 Å². The van der Waals surface area contributed by atoms with E-state index in [1.807, 2.05) is 32.0 Å². The molecule has 2 rings (SSSR count). The normalized spacial score (nSPS) is 11.5. The fraction of sp³-hybridized carbons (Fsp3) is 0.348. The average molecular weight is 411 g/mol. The summed E-state index contributed by atoms with van der Waals surface area (Å²) in [5, 5.41) is 2.72. The van der Waals surface area contributed by atoms with Gasteiger partial charge in [0.25, 0.3) is 17.7 Å². The van der Waals surface area contributed by atoms with Crippen molar-refractivity contribution in [2.75, 3.05) is 18.0 Å². The first-order valence-electron chi connectivity index (χ1n) is 10.2. The summed E-state index contributed by atoms with van der Waals surface area (Å²) < 4.78 is 0. The van der Waals surface area contributed by atoms with Gasteiger partial charge in [-0.25, -0.2) is 0 Å². The Hall–Kier alpha value is -3.35. The van der Waals surface area contributed by atoms with Gasteiger partial charge in [0.15, 0.2) is 0 Å². The first kappa shape index (κ1) is 22.9. The summed E-state index contributed by atoms with van der Waals surface area (Å²) >= 11 is 0. The molecule has 0 saturated heterocycles. The molecule has 0 aromatic heterocycles. The molecule has 2 aromatic carbocycles. The van der Waals surface area contributed by atoms with Gasteiger partial charge in [-0.05, 0) is 56.2 Å². The highest BCUT2D eigenvalue weighted by atomic mass is 16.2. The molecule has 0 aliphatic rings. The maximum absolute atomic E-state index is 12.6. The van der Waals surface area contributed by atoms with Gasteiger partial charge in [-0.15, -0.1) is 0 Å². The number of benzene rings is 2. The molecule has 30 heavy (non-hydrogen) atoms. The smallest absolute Gasteiger partial charge is 0.269 e. The average Bonchev–Trinajstić information content (AvgIpc) is 2.77. The van der Waals surface area contributed by atoms with Gasteiger partial charge in [-0.1, -0.05) is 32.0 Å². The number of hydrazine groups is 1. The zero-order valence-corrected chi connectivity index (χ0v) is 17.9. The van der Waals surface area contributed by atoms with Crippen LogP contribution in [-0.4, -0.2) is 36.9 Å². The van der Waals surface area contributed by atoms with E-state index in [2.05, 4.69) is 34.9 Å². The van der Waals surface area contributed by atoms with Gasteiger partial charge >= 0.3 is 0 Å². The van der Waals surface area contributed by atoms with Crippen LogP contribution in [0.3, 0.4) is 0 Å². The molecule has 0 bridgehead atoms. The molecule has 0 saturated carbocycles. The van der Waals surface area contributed by atoms with Crippen molar-refractivity contribution in [1.82, 2.24) is 16.2 Å². The van der Waals surface area contributed by atoms with Crippen molar-refractivity contribution >= 4 is 23.4 Å². The number of anilines is 1. The number of nitrogens with zero attached hydrogens (tertiary/aromatic N) is 1. The Balaban J connectivity index is 1.96. The van der Waals surface area contributed by atoms with Gasteiger partial charge in [0.1, 0.15) is 6.04 Å². The van der Waals surface area contributed by atoms with Crippen molar-refractivity contribution in [3.8, 4) is 0 Å². The number of carbonyl (C=O) groups excluding carboxylic acids is 3. The van der Waals surface area contributed by atoms with Crippen molar-refractivity contribution in [3.63, 3.8) is 0 Å². The molecule has 3 amide bonds. The van der Waals surface area contributed by atoms with Crippen LogP contribution < -0.4 is 21.1 Å². The molecular weight excluding hydrogens is 380 g/mol. The van der Waals surface area contributed by atoms with Crippen LogP contribution in [0, 0.1) is 5.92 Å². The van der Waals surface area contributed by atoms with Crippen LogP contribution >= 0.6 is 0 Å². The van der Waals surface area contributed by atoms with E-state index in [-0.39, 0.29) is 11.8 Å². The number of nitrogens with one attached hydrogen (secondary N) is 3. The molecule has 7 nitrogen and oxygen atoms in total. The lowest BCUT2D eigenvalue weighted by molar-refractivity contribution is -0.124. The number of amides is 3. The molecule has 0 fully saturated rings. The van der Waals surface area contributed by atoms with Crippen molar-refractivity contribution in [1.29, 1.82) is 0 Å². The lowest BCUT2D eigenvalue weighted by Crippen LogP contribution is -2.54. The van der Waals surface area contributed by atoms with Crippen LogP contribution in [0.2, 0.25) is 0 Å². The monoisotopic (exact) mass is 410 g/mol. The highest BCUT2D eigenvalue weighted by molar-refractivity contribution is 5.99. The topological polar surface area (TPSA) is 90.5 Å². The Kier molecular flexibility index (Phi) is 8.41. The number of carbonyl (C=O) groups is 3. The van der Waals surface area contributed by atoms with Gasteiger partial charge in [-0.3, -0.25) is 25.2 Å². The molecular formula is C23H30N4O3. The van der Waals surface area contributed by atoms with E-state index in [9.17, 15) is 14.4 Å². The van der Waals surface area contributed by atoms with Gasteiger partial charge in [0, 0.05) is 29.9 Å². The first-order chi connectivity index (χ1) is 14.4. The lowest BCUT2D eigenvalue weighted by Gasteiger charge is -2.22. The van der Waals surface area contributed by atoms with Crippen LogP contribution in [-0.2, 0) is 4.79 Å². The summed E-state index contributed by atoms with van der Waals surface area (Å²) in [7, 11) is 0. The number of hydrogen-bond acceptors (Lipinski definition) is 4. The maximum atomic E-state index is 12.6. The second-order valence-corrected chi connectivity index (χ2v) is 7.22. The highest BCUT2D eigenvalue weighted by Gasteiger charge is 2.25. The quantitative estimate of drug-likeness (QED) is 0.584. The molecule has 0 aliphatic carbocycles. The Labute approximate surface area is 177 Å². The summed E-state index contributed by atoms with van der Waals surface area (Å²) in [4.78, 5) is 39.5. The third kappa shape index (κ3) is 6.07. The Morgan fingerprint density at radius 2 is 1.37 bits per heavy atom. The predicted octanol–water partition coefficient (Wildman–Crippen LogP) is 2.75. The molecule has 2 aromatic rings. The lowest BCUT2D eigenvalue weighted by atomic mass is 10.0. The molecule has 0 radical (unpaired) electrons. The van der Waals surface area contributed by atoms with E-state index in [4.69, 9.17) is 0 Å². The molecule has 0 spiro atoms. The Morgan fingerprint density at radius 3 is 1.90 bits per heavy atom. The third-order valence-electron chi connectivity index (χ3n) is 4.83. The second kappa shape index (κ2) is 11.0. The van der Waals surface area contributed by atoms with Crippen molar-refractivity contribution in [3.05, 3.63) is 65.7 Å². The molecule has 0 heterocycles. The first-order valence-corrected chi connectivity index (χ1v) is 10.2. The summed E-state index contributed by atoms with van der Waals surface area (Å²) in [6.45, 7) is 9.54. The minimum Gasteiger partial charge on any atom is -0.372 e. The van der Waals surface area contributed by atoms with Crippen LogP contribution in [0.15, 0.2) is 54.6 Å². The minimum absolute atomic E-state index is 0.164. The third-order valence-corrected chi connectivity index (χ3v) is 4.83. The standard InChI is InChI=1S/C23H30N4O3/c1-5-27(6-2)19-14-12-18(13-15-19)22(29)25-26-23(30)20(16(3)4)24-21(28)17-10-8-7-9-11-17/h7-16,20H,5-6H2,1-4H3,(H,24,28)(H,25,29)(H,26,30)/t20-/m0/s1. The number of rotatable bonds is 8. The second-order valence-electron chi connectivity index (χ2n) is 7.22. The van der Waals surface area contributed by atoms with Crippen LogP contribution in [0.4, 0.5) is 5.69 Å². The molecule has 7 heteroatoms. The SMILES string of the molecule is CCN(CC)c1ccc(C(=O)NNC(=O)[C@@H](NC(=O)c2ccccc2)C(C)C)cc1. The molecule has 160 valence electrons. The van der Waals surface area contributed by atoms with Gasteiger partial charge in [-0.2, -0.15) is 0 Å². The maximum Gasteiger partial charge on any atom is 0.269 e. The number of hydrogen-bond donors (Lipinski definition) is 3. The summed E-state index contributed by atoms with van der Waals surface area (Å²) in [6, 6.07) is 15.1. The van der Waals surface area contributed by atoms with Crippen molar-refractivity contribution < 1.29 is 14.4 Å². The fourth-order valence-electron chi connectivity index (χ4n) is 3.03. The summed E-state index contributed by atoms with van der Waals surface area (Å²) in [6.07, 6.45) is 0. The largest absolute Gasteiger partial charge is 0.372 e. The summed E-state index contributed by atoms with van der Waals surface area (Å²) in [5.41, 5.74) is 6.76. The fourth-order valence-corrected chi connectivity index (χ4v) is 3.03. The highest BCUT2D eigenvalue weighted by Crippen LogP contribution is 2.14. The van der Waals surface area contributed by atoms with Crippen LogP contribution in [0.25, 0.3) is 0 Å². The zero-order valence-electron chi connectivity index (χ0n) is 17.9. The molecule has 1 atom stereocenters. The van der Waals surface area contributed by atoms with E-state index in [1.165, 1.54) is 0 Å². The van der Waals surface area contributed by atoms with Gasteiger partial charge in [0.2, 0.25) is 0 Å².